The normalized spacial score (nSPS) is 27.4. The van der Waals surface area contributed by atoms with Gasteiger partial charge in [-0.05, 0) is 24.9 Å². The molecule has 6 N–H and O–H groups in total. The van der Waals surface area contributed by atoms with Crippen molar-refractivity contribution in [3.8, 4) is 0 Å². The zero-order valence-electron chi connectivity index (χ0n) is 26.7. The van der Waals surface area contributed by atoms with E-state index in [4.69, 9.17) is 20.5 Å². The van der Waals surface area contributed by atoms with Crippen molar-refractivity contribution < 1.29 is 69.3 Å². The van der Waals surface area contributed by atoms with Gasteiger partial charge < -0.3 is 29.0 Å². The van der Waals surface area contributed by atoms with Crippen molar-refractivity contribution in [2.45, 2.75) is 63.4 Å². The molecule has 29 nitrogen and oxygen atoms in total. The molecule has 2 aromatic heterocycles. The number of hydrogen-bond acceptors (Lipinski definition) is 17. The molecule has 2 aliphatic rings. The van der Waals surface area contributed by atoms with Crippen LogP contribution in [0.2, 0.25) is 0 Å². The van der Waals surface area contributed by atoms with Gasteiger partial charge >= 0.3 is 42.7 Å². The highest BCUT2D eigenvalue weighted by Gasteiger charge is 2.47. The van der Waals surface area contributed by atoms with Crippen LogP contribution in [0.25, 0.3) is 20.9 Å². The molecule has 0 aliphatic carbocycles. The molecule has 4 unspecified atom stereocenters. The lowest BCUT2D eigenvalue weighted by Gasteiger charge is -2.22. The zero-order valence-corrected chi connectivity index (χ0v) is 30.3. The van der Waals surface area contributed by atoms with Gasteiger partial charge in [0, 0.05) is 46.2 Å². The largest absolute Gasteiger partial charge is 0.490 e. The Hall–Kier alpha value is -3.54. The van der Waals surface area contributed by atoms with Gasteiger partial charge in [-0.25, -0.2) is 27.8 Å². The summed E-state index contributed by atoms with van der Waals surface area (Å²) in [5.41, 5.74) is 14.8. The van der Waals surface area contributed by atoms with Crippen LogP contribution in [0.15, 0.2) is 41.8 Å². The lowest BCUT2D eigenvalue weighted by Crippen LogP contribution is -2.33. The van der Waals surface area contributed by atoms with Crippen molar-refractivity contribution in [1.82, 2.24) is 19.1 Å². The molecule has 0 spiro atoms. The number of hydrogen-bond donors (Lipinski definition) is 6. The summed E-state index contributed by atoms with van der Waals surface area (Å²) in [4.78, 5) is 96.8. The predicted octanol–water partition coefficient (Wildman–Crippen LogP) is 1.12. The van der Waals surface area contributed by atoms with Gasteiger partial charge in [-0.15, -0.1) is 0 Å². The summed E-state index contributed by atoms with van der Waals surface area (Å²) in [6.45, 7) is 0.684. The number of aryl methyl sites for hydroxylation is 2. The van der Waals surface area contributed by atoms with E-state index in [1.165, 1.54) is 13.8 Å². The summed E-state index contributed by atoms with van der Waals surface area (Å²) < 4.78 is 83.3. The van der Waals surface area contributed by atoms with Gasteiger partial charge in [-0.1, -0.05) is 10.2 Å². The number of phosphoric ester groups is 2. The Morgan fingerprint density at radius 2 is 1.06 bits per heavy atom. The van der Waals surface area contributed by atoms with E-state index in [0.717, 1.165) is 21.5 Å². The monoisotopic (exact) mass is 836 g/mol. The van der Waals surface area contributed by atoms with Crippen molar-refractivity contribution in [3.05, 3.63) is 86.1 Å². The standard InChI is InChI=1S/C20H28N10O19P4/c1-9-5-29(19(33)23-17(9)31)15-3-11(25-27-21)13(45-15)7-43-50(35,36)47-52(39,40)49-53(41,42)48-51(37,38)44-8-14-12(26-28-22)4-16(46-14)30-6-10(2)18(32)24-20(30)34/h5-6,11-16H,3-4,7-8H2,1-2H3,(H,35,36)(H,37,38)(H,39,40)(H,41,42)(H,23,31,33)(H,24,32,34)/t11-,12-,13+,14+,15+,16+/m0/s1. The quantitative estimate of drug-likeness (QED) is 0.0597. The number of aromatic amines is 2. The highest BCUT2D eigenvalue weighted by Crippen LogP contribution is 2.71. The van der Waals surface area contributed by atoms with E-state index in [1.54, 1.807) is 0 Å². The average Bonchev–Trinajstić information content (AvgIpc) is 3.61. The summed E-state index contributed by atoms with van der Waals surface area (Å²) in [6, 6.07) is -2.35. The minimum absolute atomic E-state index is 0.0997. The second kappa shape index (κ2) is 16.4. The summed E-state index contributed by atoms with van der Waals surface area (Å²) >= 11 is 0. The highest BCUT2D eigenvalue weighted by molar-refractivity contribution is 7.69. The third kappa shape index (κ3) is 11.2. The summed E-state index contributed by atoms with van der Waals surface area (Å²) in [5, 5.41) is 6.87. The molecule has 2 aromatic rings. The molecule has 4 heterocycles. The van der Waals surface area contributed by atoms with Crippen molar-refractivity contribution in [3.63, 3.8) is 0 Å². The third-order valence-electron chi connectivity index (χ3n) is 7.14. The smallest absolute Gasteiger partial charge is 0.352 e. The lowest BCUT2D eigenvalue weighted by atomic mass is 10.1. The van der Waals surface area contributed by atoms with Crippen LogP contribution in [0.1, 0.15) is 36.4 Å². The Balaban J connectivity index is 1.35. The van der Waals surface area contributed by atoms with Crippen LogP contribution in [-0.4, -0.2) is 76.2 Å². The number of azide groups is 2. The first-order valence-electron chi connectivity index (χ1n) is 14.3. The van der Waals surface area contributed by atoms with Gasteiger partial charge in [0.15, 0.2) is 0 Å². The van der Waals surface area contributed by atoms with Crippen LogP contribution in [0.4, 0.5) is 0 Å². The minimum Gasteiger partial charge on any atom is -0.352 e. The topological polar surface area (TPSA) is 421 Å². The van der Waals surface area contributed by atoms with Gasteiger partial charge in [-0.2, -0.15) is 12.9 Å². The van der Waals surface area contributed by atoms with Crippen molar-refractivity contribution in [1.29, 1.82) is 0 Å². The van der Waals surface area contributed by atoms with Crippen molar-refractivity contribution in [2.75, 3.05) is 13.2 Å². The van der Waals surface area contributed by atoms with E-state index >= 15 is 0 Å². The van der Waals surface area contributed by atoms with Gasteiger partial charge in [0.2, 0.25) is 0 Å². The molecule has 2 fully saturated rings. The maximum Gasteiger partial charge on any atom is 0.490 e. The Morgan fingerprint density at radius 3 is 1.40 bits per heavy atom. The van der Waals surface area contributed by atoms with E-state index < -0.39 is 104 Å². The van der Waals surface area contributed by atoms with Crippen molar-refractivity contribution in [2.24, 2.45) is 10.2 Å². The number of ether oxygens (including phenoxy) is 2. The molecule has 0 bridgehead atoms. The Labute approximate surface area is 292 Å². The van der Waals surface area contributed by atoms with Gasteiger partial charge in [0.25, 0.3) is 11.1 Å². The molecule has 10 atom stereocenters. The van der Waals surface area contributed by atoms with Crippen LogP contribution in [0.3, 0.4) is 0 Å². The van der Waals surface area contributed by atoms with E-state index in [9.17, 15) is 57.0 Å². The van der Waals surface area contributed by atoms with Crippen LogP contribution in [0.5, 0.6) is 0 Å². The zero-order chi connectivity index (χ0) is 39.5. The first kappa shape index (κ1) is 42.2. The van der Waals surface area contributed by atoms with Crippen molar-refractivity contribution >= 4 is 31.3 Å². The fourth-order valence-corrected chi connectivity index (χ4v) is 9.80. The van der Waals surface area contributed by atoms with E-state index in [2.05, 4.69) is 42.0 Å². The molecule has 292 valence electrons. The van der Waals surface area contributed by atoms with Gasteiger partial charge in [-0.3, -0.25) is 37.7 Å². The molecule has 0 saturated carbocycles. The molecule has 0 radical (unpaired) electrons. The molecule has 0 amide bonds. The van der Waals surface area contributed by atoms with E-state index in [-0.39, 0.29) is 24.0 Å². The molecular formula is C20H28N10O19P4. The fraction of sp³-hybridized carbons (Fsp3) is 0.600. The number of nitrogens with one attached hydrogen (secondary N) is 2. The van der Waals surface area contributed by atoms with E-state index in [1.807, 2.05) is 9.97 Å². The number of phosphoric acid groups is 4. The molecule has 4 rings (SSSR count). The van der Waals surface area contributed by atoms with E-state index in [0.29, 0.717) is 0 Å². The minimum atomic E-state index is -6.20. The summed E-state index contributed by atoms with van der Waals surface area (Å²) in [7, 11) is -23.9. The number of nitrogens with zero attached hydrogens (tertiary/aromatic N) is 8. The molecule has 0 aromatic carbocycles. The van der Waals surface area contributed by atoms with Crippen LogP contribution in [-0.2, 0) is 49.7 Å². The maximum absolute atomic E-state index is 12.4. The number of rotatable bonds is 16. The second-order valence-corrected chi connectivity index (χ2v) is 17.2. The van der Waals surface area contributed by atoms with Crippen LogP contribution < -0.4 is 22.5 Å². The van der Waals surface area contributed by atoms with Crippen LogP contribution in [0, 0.1) is 13.8 Å². The lowest BCUT2D eigenvalue weighted by molar-refractivity contribution is -0.0271. The average molecular weight is 836 g/mol. The molecule has 33 heteroatoms. The molecular weight excluding hydrogens is 808 g/mol. The Bertz CT molecular complexity index is 2110. The van der Waals surface area contributed by atoms with Gasteiger partial charge in [0.1, 0.15) is 12.5 Å². The molecule has 53 heavy (non-hydrogen) atoms. The van der Waals surface area contributed by atoms with Gasteiger partial charge in [0.05, 0.1) is 37.5 Å². The SMILES string of the molecule is Cc1cn([C@H]2C[C@H](N=[N+]=[N-])[C@@H](COP(=O)(O)OP(=O)(O)OP(=O)(O)OP(=O)(O)OC[C@H]3O[C@@H](n4cc(C)c(=O)[nH]c4=O)C[C@@H]3N=[N+]=[N-])O2)c(=O)[nH]c1=O. The number of H-pyrrole nitrogens is 2. The molecule has 2 saturated heterocycles. The third-order valence-corrected chi connectivity index (χ3v) is 13.0. The predicted molar refractivity (Wildman–Crippen MR) is 170 cm³/mol. The maximum atomic E-state index is 12.4. The Morgan fingerprint density at radius 1 is 0.717 bits per heavy atom. The van der Waals surface area contributed by atoms with Crippen LogP contribution >= 0.6 is 31.3 Å². The first-order chi connectivity index (χ1) is 24.5. The molecule has 2 aliphatic heterocycles. The Kier molecular flexibility index (Phi) is 13.1. The fourth-order valence-electron chi connectivity index (χ4n) is 4.85. The second-order valence-electron chi connectivity index (χ2n) is 10.9. The number of aromatic nitrogens is 4. The summed E-state index contributed by atoms with van der Waals surface area (Å²) in [5.74, 6) is 0. The summed E-state index contributed by atoms with van der Waals surface area (Å²) in [6.07, 6.45) is -3.39. The first-order valence-corrected chi connectivity index (χ1v) is 20.3. The highest BCUT2D eigenvalue weighted by atomic mass is 31.3.